The summed E-state index contributed by atoms with van der Waals surface area (Å²) in [5, 5.41) is 0. The van der Waals surface area contributed by atoms with E-state index in [2.05, 4.69) is 0 Å². The Hall–Kier alpha value is -0.210. The molecule has 0 aromatic carbocycles. The van der Waals surface area contributed by atoms with Gasteiger partial charge in [0.15, 0.2) is 0 Å². The Kier molecular flexibility index (Phi) is 3.84. The van der Waals surface area contributed by atoms with Crippen LogP contribution >= 0.6 is 0 Å². The molecule has 0 aromatic heterocycles. The molecule has 0 amide bonds. The molecule has 0 aromatic rings. The summed E-state index contributed by atoms with van der Waals surface area (Å²) < 4.78 is 33.4. The highest BCUT2D eigenvalue weighted by Crippen LogP contribution is 2.00. The first kappa shape index (κ1) is 6.79. The monoisotopic (exact) mass is 111 g/mol. The second-order valence-corrected chi connectivity index (χ2v) is 1.15. The van der Waals surface area contributed by atoms with Crippen molar-refractivity contribution < 1.29 is 13.2 Å². The van der Waals surface area contributed by atoms with Crippen LogP contribution in [0.1, 0.15) is 0 Å². The SMILES string of the molecule is FC[C](CF)CF. The average molecular weight is 111 g/mol. The maximum absolute atomic E-state index is 11.1. The van der Waals surface area contributed by atoms with Crippen LogP contribution in [-0.2, 0) is 0 Å². The van der Waals surface area contributed by atoms with Gasteiger partial charge in [0, 0.05) is 0 Å². The highest BCUT2D eigenvalue weighted by atomic mass is 19.1. The van der Waals surface area contributed by atoms with E-state index < -0.39 is 20.0 Å². The van der Waals surface area contributed by atoms with Gasteiger partial charge in [0.2, 0.25) is 0 Å². The lowest BCUT2D eigenvalue weighted by atomic mass is 10.2. The molecule has 7 heavy (non-hydrogen) atoms. The first-order valence-corrected chi connectivity index (χ1v) is 1.86. The fourth-order valence-electron chi connectivity index (χ4n) is 0.107. The van der Waals surface area contributed by atoms with E-state index in [4.69, 9.17) is 0 Å². The molecule has 0 aliphatic rings. The van der Waals surface area contributed by atoms with Gasteiger partial charge in [0.25, 0.3) is 0 Å². The molecular formula is C4H6F3. The lowest BCUT2D eigenvalue weighted by Gasteiger charge is -1.96. The average Bonchev–Trinajstić information content (AvgIpc) is 1.72. The van der Waals surface area contributed by atoms with Crippen molar-refractivity contribution in [3.05, 3.63) is 5.92 Å². The van der Waals surface area contributed by atoms with Crippen LogP contribution in [0.5, 0.6) is 0 Å². The number of hydrogen-bond donors (Lipinski definition) is 0. The Labute approximate surface area is 40.3 Å². The van der Waals surface area contributed by atoms with Gasteiger partial charge in [0.1, 0.15) is 20.0 Å². The summed E-state index contributed by atoms with van der Waals surface area (Å²) >= 11 is 0. The summed E-state index contributed by atoms with van der Waals surface area (Å²) in [4.78, 5) is 0. The second kappa shape index (κ2) is 3.96. The second-order valence-electron chi connectivity index (χ2n) is 1.15. The molecule has 0 rings (SSSR count). The van der Waals surface area contributed by atoms with Gasteiger partial charge in [-0.25, -0.2) is 0 Å². The predicted octanol–water partition coefficient (Wildman–Crippen LogP) is 1.47. The van der Waals surface area contributed by atoms with Crippen LogP contribution in [0.4, 0.5) is 13.2 Å². The Morgan fingerprint density at radius 3 is 1.14 bits per heavy atom. The molecule has 0 aliphatic heterocycles. The van der Waals surface area contributed by atoms with Gasteiger partial charge in [-0.3, -0.25) is 13.2 Å². The third-order valence-electron chi connectivity index (χ3n) is 0.567. The topological polar surface area (TPSA) is 0 Å². The van der Waals surface area contributed by atoms with Crippen molar-refractivity contribution in [2.75, 3.05) is 20.0 Å². The summed E-state index contributed by atoms with van der Waals surface area (Å²) in [5.41, 5.74) is 0. The van der Waals surface area contributed by atoms with Crippen LogP contribution in [-0.4, -0.2) is 20.0 Å². The molecule has 3 heteroatoms. The zero-order valence-electron chi connectivity index (χ0n) is 3.76. The van der Waals surface area contributed by atoms with Gasteiger partial charge in [-0.1, -0.05) is 0 Å². The summed E-state index contributed by atoms with van der Waals surface area (Å²) in [6.07, 6.45) is 0. The molecule has 0 fully saturated rings. The van der Waals surface area contributed by atoms with Crippen LogP contribution in [0.2, 0.25) is 0 Å². The number of hydrogen-bond acceptors (Lipinski definition) is 0. The lowest BCUT2D eigenvalue weighted by molar-refractivity contribution is 0.366. The maximum atomic E-state index is 11.1. The van der Waals surface area contributed by atoms with Crippen LogP contribution < -0.4 is 0 Å². The number of rotatable bonds is 3. The Morgan fingerprint density at radius 1 is 0.857 bits per heavy atom. The van der Waals surface area contributed by atoms with E-state index in [0.29, 0.717) is 0 Å². The molecule has 0 heterocycles. The van der Waals surface area contributed by atoms with Crippen molar-refractivity contribution in [2.24, 2.45) is 0 Å². The third-order valence-corrected chi connectivity index (χ3v) is 0.567. The summed E-state index contributed by atoms with van der Waals surface area (Å²) in [7, 11) is 0. The predicted molar refractivity (Wildman–Crippen MR) is 21.2 cm³/mol. The van der Waals surface area contributed by atoms with Crippen LogP contribution in [0.15, 0.2) is 0 Å². The fraction of sp³-hybridized carbons (Fsp3) is 0.750. The first-order valence-electron chi connectivity index (χ1n) is 1.86. The highest BCUT2D eigenvalue weighted by Gasteiger charge is 2.05. The van der Waals surface area contributed by atoms with Crippen LogP contribution in [0.25, 0.3) is 0 Å². The van der Waals surface area contributed by atoms with Crippen molar-refractivity contribution in [3.63, 3.8) is 0 Å². The summed E-state index contributed by atoms with van der Waals surface area (Å²) in [5.74, 6) is -0.319. The van der Waals surface area contributed by atoms with Gasteiger partial charge in [-0.2, -0.15) is 0 Å². The zero-order valence-corrected chi connectivity index (χ0v) is 3.76. The summed E-state index contributed by atoms with van der Waals surface area (Å²) in [6, 6.07) is 0. The van der Waals surface area contributed by atoms with Gasteiger partial charge in [0.05, 0.1) is 5.92 Å². The molecule has 0 unspecified atom stereocenters. The van der Waals surface area contributed by atoms with E-state index in [1.165, 1.54) is 0 Å². The molecule has 0 atom stereocenters. The molecule has 43 valence electrons. The normalized spacial score (nSPS) is 10.3. The lowest BCUT2D eigenvalue weighted by Crippen LogP contribution is -2.03. The molecular weight excluding hydrogens is 105 g/mol. The summed E-state index contributed by atoms with van der Waals surface area (Å²) in [6.45, 7) is -2.94. The number of alkyl halides is 3. The van der Waals surface area contributed by atoms with Gasteiger partial charge < -0.3 is 0 Å². The molecule has 0 saturated heterocycles. The Bertz CT molecular complexity index is 28.4. The number of halogens is 3. The van der Waals surface area contributed by atoms with Gasteiger partial charge in [-0.15, -0.1) is 0 Å². The van der Waals surface area contributed by atoms with Gasteiger partial charge in [-0.05, 0) is 0 Å². The Balaban J connectivity index is 2.99. The van der Waals surface area contributed by atoms with E-state index in [-0.39, 0.29) is 5.92 Å². The van der Waals surface area contributed by atoms with Gasteiger partial charge >= 0.3 is 0 Å². The van der Waals surface area contributed by atoms with E-state index in [9.17, 15) is 13.2 Å². The molecule has 0 bridgehead atoms. The maximum Gasteiger partial charge on any atom is 0.101 e. The van der Waals surface area contributed by atoms with E-state index in [1.54, 1.807) is 0 Å². The van der Waals surface area contributed by atoms with Crippen molar-refractivity contribution in [2.45, 2.75) is 0 Å². The quantitative estimate of drug-likeness (QED) is 0.517. The van der Waals surface area contributed by atoms with Crippen molar-refractivity contribution in [3.8, 4) is 0 Å². The van der Waals surface area contributed by atoms with E-state index in [1.807, 2.05) is 0 Å². The van der Waals surface area contributed by atoms with E-state index in [0.717, 1.165) is 0 Å². The van der Waals surface area contributed by atoms with Crippen molar-refractivity contribution in [1.82, 2.24) is 0 Å². The largest absolute Gasteiger partial charge is 0.250 e. The zero-order chi connectivity index (χ0) is 5.70. The standard InChI is InChI=1S/C4H6F3/c5-1-4(2-6)3-7/h1-3H2. The molecule has 0 aliphatic carbocycles. The molecule has 0 N–H and O–H groups in total. The van der Waals surface area contributed by atoms with Crippen LogP contribution in [0, 0.1) is 5.92 Å². The fourth-order valence-corrected chi connectivity index (χ4v) is 0.107. The minimum absolute atomic E-state index is 0.319. The highest BCUT2D eigenvalue weighted by molar-refractivity contribution is 4.87. The van der Waals surface area contributed by atoms with Crippen molar-refractivity contribution in [1.29, 1.82) is 0 Å². The third kappa shape index (κ3) is 2.48. The molecule has 1 radical (unpaired) electrons. The minimum atomic E-state index is -0.979. The van der Waals surface area contributed by atoms with Crippen molar-refractivity contribution >= 4 is 0 Å². The van der Waals surface area contributed by atoms with E-state index >= 15 is 0 Å². The smallest absolute Gasteiger partial charge is 0.101 e. The molecule has 0 spiro atoms. The minimum Gasteiger partial charge on any atom is -0.250 e. The molecule has 0 nitrogen and oxygen atoms in total. The Morgan fingerprint density at radius 2 is 1.14 bits per heavy atom. The van der Waals surface area contributed by atoms with Crippen LogP contribution in [0.3, 0.4) is 0 Å². The molecule has 0 saturated carbocycles. The first-order chi connectivity index (χ1) is 3.35.